The van der Waals surface area contributed by atoms with E-state index in [0.717, 1.165) is 5.56 Å². The normalized spacial score (nSPS) is 15.6. The van der Waals surface area contributed by atoms with E-state index in [1.54, 1.807) is 6.08 Å². The molecule has 1 aliphatic heterocycles. The van der Waals surface area contributed by atoms with Crippen molar-refractivity contribution in [2.24, 2.45) is 0 Å². The zero-order chi connectivity index (χ0) is 19.1. The molecule has 0 unspecified atom stereocenters. The first-order chi connectivity index (χ1) is 12.5. The summed E-state index contributed by atoms with van der Waals surface area (Å²) in [5.41, 5.74) is 0.808. The molecule has 1 N–H and O–H groups in total. The molecule has 140 valence electrons. The molecular weight excluding hydrogens is 374 g/mol. The fourth-order valence-corrected chi connectivity index (χ4v) is 3.70. The summed E-state index contributed by atoms with van der Waals surface area (Å²) in [6.45, 7) is 5.15. The van der Waals surface area contributed by atoms with Gasteiger partial charge in [0.15, 0.2) is 11.5 Å². The van der Waals surface area contributed by atoms with Crippen molar-refractivity contribution in [2.75, 3.05) is 19.8 Å². The lowest BCUT2D eigenvalue weighted by Crippen LogP contribution is -2.29. The standard InChI is InChI=1S/C18H21NO5S2/c1-3-23-13-8-7-12(10-14(13)24-4-2)11-15-17(22)19(18(25)26-15)9-5-6-16(20)21/h7-8,10-11H,3-6,9H2,1-2H3,(H,20,21)/b15-11+. The van der Waals surface area contributed by atoms with Crippen molar-refractivity contribution in [1.82, 2.24) is 4.90 Å². The number of aliphatic carboxylic acids is 1. The number of thioether (sulfide) groups is 1. The maximum Gasteiger partial charge on any atom is 0.303 e. The van der Waals surface area contributed by atoms with Crippen LogP contribution in [0.2, 0.25) is 0 Å². The highest BCUT2D eigenvalue weighted by atomic mass is 32.2. The molecule has 1 aromatic rings. The van der Waals surface area contributed by atoms with Gasteiger partial charge in [-0.25, -0.2) is 0 Å². The fourth-order valence-electron chi connectivity index (χ4n) is 2.39. The predicted molar refractivity (Wildman–Crippen MR) is 106 cm³/mol. The molecule has 0 spiro atoms. The molecule has 1 fully saturated rings. The molecule has 1 amide bonds. The lowest BCUT2D eigenvalue weighted by atomic mass is 10.2. The van der Waals surface area contributed by atoms with Gasteiger partial charge in [0, 0.05) is 13.0 Å². The predicted octanol–water partition coefficient (Wildman–Crippen LogP) is 3.55. The van der Waals surface area contributed by atoms with Crippen LogP contribution in [-0.2, 0) is 9.59 Å². The van der Waals surface area contributed by atoms with Gasteiger partial charge in [0.25, 0.3) is 5.91 Å². The van der Waals surface area contributed by atoms with E-state index < -0.39 is 5.97 Å². The lowest BCUT2D eigenvalue weighted by molar-refractivity contribution is -0.137. The number of hydrogen-bond acceptors (Lipinski definition) is 6. The number of carboxylic acids is 1. The van der Waals surface area contributed by atoms with E-state index >= 15 is 0 Å². The number of carboxylic acid groups (broad SMARTS) is 1. The van der Waals surface area contributed by atoms with Gasteiger partial charge in [-0.3, -0.25) is 14.5 Å². The molecule has 1 aromatic carbocycles. The highest BCUT2D eigenvalue weighted by Crippen LogP contribution is 2.35. The molecule has 26 heavy (non-hydrogen) atoms. The van der Waals surface area contributed by atoms with Crippen molar-refractivity contribution < 1.29 is 24.2 Å². The van der Waals surface area contributed by atoms with Crippen LogP contribution in [0.1, 0.15) is 32.3 Å². The first kappa shape index (κ1) is 20.3. The van der Waals surface area contributed by atoms with Gasteiger partial charge in [0.1, 0.15) is 4.32 Å². The Morgan fingerprint density at radius 3 is 2.62 bits per heavy atom. The van der Waals surface area contributed by atoms with E-state index in [1.165, 1.54) is 16.7 Å². The van der Waals surface area contributed by atoms with E-state index in [4.69, 9.17) is 26.8 Å². The number of ether oxygens (including phenoxy) is 2. The second kappa shape index (κ2) is 9.59. The molecule has 0 saturated carbocycles. The van der Waals surface area contributed by atoms with Crippen molar-refractivity contribution in [2.45, 2.75) is 26.7 Å². The first-order valence-corrected chi connectivity index (χ1v) is 9.55. The Balaban J connectivity index is 2.16. The number of nitrogens with zero attached hydrogens (tertiary/aromatic N) is 1. The van der Waals surface area contributed by atoms with Crippen LogP contribution >= 0.6 is 24.0 Å². The average Bonchev–Trinajstić information content (AvgIpc) is 2.84. The SMILES string of the molecule is CCOc1ccc(/C=C2/SC(=S)N(CCCC(=O)O)C2=O)cc1OCC. The molecule has 0 aliphatic carbocycles. The molecule has 1 heterocycles. The third-order valence-corrected chi connectivity index (χ3v) is 4.89. The summed E-state index contributed by atoms with van der Waals surface area (Å²) in [6.07, 6.45) is 2.13. The molecule has 6 nitrogen and oxygen atoms in total. The smallest absolute Gasteiger partial charge is 0.303 e. The molecular formula is C18H21NO5S2. The largest absolute Gasteiger partial charge is 0.490 e. The Morgan fingerprint density at radius 2 is 1.96 bits per heavy atom. The Labute approximate surface area is 162 Å². The molecule has 0 aromatic heterocycles. The molecule has 1 aliphatic rings. The number of thiocarbonyl (C=S) groups is 1. The molecule has 1 saturated heterocycles. The van der Waals surface area contributed by atoms with Crippen molar-refractivity contribution >= 4 is 46.3 Å². The van der Waals surface area contributed by atoms with E-state index in [1.807, 2.05) is 32.0 Å². The van der Waals surface area contributed by atoms with E-state index in [0.29, 0.717) is 46.9 Å². The quantitative estimate of drug-likeness (QED) is 0.506. The monoisotopic (exact) mass is 395 g/mol. The van der Waals surface area contributed by atoms with E-state index in [9.17, 15) is 9.59 Å². The van der Waals surface area contributed by atoms with Crippen molar-refractivity contribution in [3.8, 4) is 11.5 Å². The number of carbonyl (C=O) groups is 2. The van der Waals surface area contributed by atoms with Crippen molar-refractivity contribution in [3.63, 3.8) is 0 Å². The number of hydrogen-bond donors (Lipinski definition) is 1. The molecule has 8 heteroatoms. The Hall–Kier alpha value is -2.06. The van der Waals surface area contributed by atoms with Crippen molar-refractivity contribution in [1.29, 1.82) is 0 Å². The highest BCUT2D eigenvalue weighted by Gasteiger charge is 2.31. The van der Waals surface area contributed by atoms with Gasteiger partial charge in [0.2, 0.25) is 0 Å². The van der Waals surface area contributed by atoms with Crippen LogP contribution in [0, 0.1) is 0 Å². The van der Waals surface area contributed by atoms with Crippen LogP contribution in [0.4, 0.5) is 0 Å². The Kier molecular flexibility index (Phi) is 7.47. The summed E-state index contributed by atoms with van der Waals surface area (Å²) in [7, 11) is 0. The van der Waals surface area contributed by atoms with Gasteiger partial charge in [-0.1, -0.05) is 30.0 Å². The summed E-state index contributed by atoms with van der Waals surface area (Å²) in [6, 6.07) is 5.49. The van der Waals surface area contributed by atoms with Crippen LogP contribution in [-0.4, -0.2) is 46.0 Å². The molecule has 0 atom stereocenters. The van der Waals surface area contributed by atoms with Crippen LogP contribution in [0.15, 0.2) is 23.1 Å². The van der Waals surface area contributed by atoms with E-state index in [2.05, 4.69) is 0 Å². The van der Waals surface area contributed by atoms with Crippen LogP contribution in [0.25, 0.3) is 6.08 Å². The zero-order valence-corrected chi connectivity index (χ0v) is 16.3. The van der Waals surface area contributed by atoms with Crippen LogP contribution in [0.3, 0.4) is 0 Å². The summed E-state index contributed by atoms with van der Waals surface area (Å²) in [4.78, 5) is 25.1. The van der Waals surface area contributed by atoms with Gasteiger partial charge < -0.3 is 14.6 Å². The second-order valence-electron chi connectivity index (χ2n) is 5.40. The third kappa shape index (κ3) is 5.22. The van der Waals surface area contributed by atoms with E-state index in [-0.39, 0.29) is 12.3 Å². The second-order valence-corrected chi connectivity index (χ2v) is 7.08. The van der Waals surface area contributed by atoms with Gasteiger partial charge in [0.05, 0.1) is 18.1 Å². The minimum atomic E-state index is -0.885. The summed E-state index contributed by atoms with van der Waals surface area (Å²) in [5.74, 6) is 0.203. The number of carbonyl (C=O) groups excluding carboxylic acids is 1. The first-order valence-electron chi connectivity index (χ1n) is 8.33. The Bertz CT molecular complexity index is 732. The third-order valence-electron chi connectivity index (χ3n) is 3.51. The zero-order valence-electron chi connectivity index (χ0n) is 14.7. The Morgan fingerprint density at radius 1 is 1.27 bits per heavy atom. The summed E-state index contributed by atoms with van der Waals surface area (Å²) in [5, 5.41) is 8.72. The van der Waals surface area contributed by atoms with Gasteiger partial charge in [-0.05, 0) is 44.0 Å². The van der Waals surface area contributed by atoms with Crippen LogP contribution < -0.4 is 9.47 Å². The molecule has 2 rings (SSSR count). The average molecular weight is 396 g/mol. The van der Waals surface area contributed by atoms with Gasteiger partial charge in [-0.15, -0.1) is 0 Å². The number of amides is 1. The topological polar surface area (TPSA) is 76.1 Å². The van der Waals surface area contributed by atoms with Gasteiger partial charge >= 0.3 is 5.97 Å². The number of benzene rings is 1. The summed E-state index contributed by atoms with van der Waals surface area (Å²) >= 11 is 6.47. The minimum absolute atomic E-state index is 0.00666. The lowest BCUT2D eigenvalue weighted by Gasteiger charge is -2.13. The summed E-state index contributed by atoms with van der Waals surface area (Å²) < 4.78 is 11.6. The fraction of sp³-hybridized carbons (Fsp3) is 0.389. The molecule has 0 bridgehead atoms. The van der Waals surface area contributed by atoms with Gasteiger partial charge in [-0.2, -0.15) is 0 Å². The van der Waals surface area contributed by atoms with Crippen molar-refractivity contribution in [3.05, 3.63) is 28.7 Å². The minimum Gasteiger partial charge on any atom is -0.490 e. The van der Waals surface area contributed by atoms with Crippen LogP contribution in [0.5, 0.6) is 11.5 Å². The maximum atomic E-state index is 12.5. The number of rotatable bonds is 9. The molecule has 0 radical (unpaired) electrons. The highest BCUT2D eigenvalue weighted by molar-refractivity contribution is 8.26. The maximum absolute atomic E-state index is 12.5.